The van der Waals surface area contributed by atoms with Crippen LogP contribution in [0.1, 0.15) is 56.7 Å². The fraction of sp³-hybridized carbons (Fsp3) is 0.289. The number of likely N-dealkylation sites (tertiary alicyclic amines) is 1. The third kappa shape index (κ3) is 6.70. The molecular weight excluding hydrogens is 757 g/mol. The molecule has 4 N–H and O–H groups in total. The van der Waals surface area contributed by atoms with Gasteiger partial charge in [0, 0.05) is 0 Å². The van der Waals surface area contributed by atoms with E-state index in [9.17, 15) is 19.8 Å². The van der Waals surface area contributed by atoms with E-state index in [0.29, 0.717) is 73.7 Å². The Balaban J connectivity index is 1.03. The molecule has 290 valence electrons. The zero-order chi connectivity index (χ0) is 39.4. The third-order valence-corrected chi connectivity index (χ3v) is 13.7. The summed E-state index contributed by atoms with van der Waals surface area (Å²) in [6, 6.07) is 17.1. The first-order chi connectivity index (χ1) is 27.7. The van der Waals surface area contributed by atoms with Gasteiger partial charge in [-0.2, -0.15) is 0 Å². The van der Waals surface area contributed by atoms with Crippen molar-refractivity contribution in [3.05, 3.63) is 104 Å². The number of rotatable bonds is 10. The van der Waals surface area contributed by atoms with Crippen LogP contribution in [-0.2, 0) is 19.5 Å². The highest BCUT2D eigenvalue weighted by Crippen LogP contribution is 2.37. The summed E-state index contributed by atoms with van der Waals surface area (Å²) in [5.74, 6) is 0.364. The molecule has 0 bridgehead atoms. The maximum Gasteiger partial charge on any atom is 0.202 e. The first kappa shape index (κ1) is 37.2. The lowest BCUT2D eigenvalue weighted by atomic mass is 10.0. The Morgan fingerprint density at radius 3 is 2.09 bits per heavy atom. The lowest BCUT2D eigenvalue weighted by Crippen LogP contribution is -3.11. The molecule has 57 heavy (non-hydrogen) atoms. The highest BCUT2D eigenvalue weighted by Gasteiger charge is 2.24. The van der Waals surface area contributed by atoms with Gasteiger partial charge in [0.15, 0.2) is 0 Å². The normalized spacial score (nSPS) is 13.9. The van der Waals surface area contributed by atoms with Gasteiger partial charge in [-0.05, 0) is 98.7 Å². The fourth-order valence-corrected chi connectivity index (χ4v) is 10.2. The highest BCUT2D eigenvalue weighted by atomic mass is 32.1. The minimum Gasteiger partial charge on any atom is -0.507 e. The van der Waals surface area contributed by atoms with Crippen molar-refractivity contribution in [3.8, 4) is 43.8 Å². The quantitative estimate of drug-likeness (QED) is 0.115. The van der Waals surface area contributed by atoms with Crippen molar-refractivity contribution in [2.45, 2.75) is 59.5 Å². The second kappa shape index (κ2) is 15.2. The summed E-state index contributed by atoms with van der Waals surface area (Å²) in [7, 11) is 0. The summed E-state index contributed by atoms with van der Waals surface area (Å²) in [6.45, 7) is 11.2. The zero-order valence-electron chi connectivity index (χ0n) is 32.2. The molecule has 8 aromatic rings. The van der Waals surface area contributed by atoms with Gasteiger partial charge in [-0.1, -0.05) is 19.1 Å². The number of benzene rings is 4. The summed E-state index contributed by atoms with van der Waals surface area (Å²) < 4.78 is 14.1. The minimum absolute atomic E-state index is 0.156. The third-order valence-electron chi connectivity index (χ3n) is 11.6. The van der Waals surface area contributed by atoms with Crippen LogP contribution in [0.25, 0.3) is 74.6 Å². The Bertz CT molecular complexity index is 2950. The van der Waals surface area contributed by atoms with E-state index in [1.807, 2.05) is 37.3 Å². The number of phenols is 2. The van der Waals surface area contributed by atoms with E-state index in [-0.39, 0.29) is 22.4 Å². The lowest BCUT2D eigenvalue weighted by molar-refractivity contribution is -0.918. The van der Waals surface area contributed by atoms with Crippen molar-refractivity contribution in [1.82, 2.24) is 9.97 Å². The fourth-order valence-electron chi connectivity index (χ4n) is 8.21. The van der Waals surface area contributed by atoms with Crippen LogP contribution in [0, 0.1) is 0 Å². The number of hydrogen-bond acceptors (Lipinski definition) is 10. The van der Waals surface area contributed by atoms with Crippen molar-refractivity contribution in [2.24, 2.45) is 0 Å². The molecular formula is C45H44N4O6S2+2. The Morgan fingerprint density at radius 2 is 1.37 bits per heavy atom. The predicted octanol–water partition coefficient (Wildman–Crippen LogP) is 7.09. The molecule has 0 amide bonds. The summed E-state index contributed by atoms with van der Waals surface area (Å²) in [5, 5.41) is 23.9. The minimum atomic E-state index is -0.166. The average Bonchev–Trinajstić information content (AvgIpc) is 3.86. The van der Waals surface area contributed by atoms with Crippen LogP contribution in [0.5, 0.6) is 11.5 Å². The first-order valence-electron chi connectivity index (χ1n) is 19.8. The number of piperidine rings is 1. The molecule has 12 heteroatoms. The number of aryl methyl sites for hydroxylation is 1. The molecule has 1 aliphatic heterocycles. The molecule has 0 unspecified atom stereocenters. The molecule has 4 aromatic heterocycles. The molecule has 0 atom stereocenters. The van der Waals surface area contributed by atoms with Crippen LogP contribution in [-0.4, -0.2) is 46.4 Å². The summed E-state index contributed by atoms with van der Waals surface area (Å²) in [4.78, 5) is 40.3. The van der Waals surface area contributed by atoms with Crippen molar-refractivity contribution in [1.29, 1.82) is 0 Å². The molecule has 9 rings (SSSR count). The van der Waals surface area contributed by atoms with Gasteiger partial charge in [0.1, 0.15) is 58.3 Å². The van der Waals surface area contributed by atoms with Crippen LogP contribution in [0.4, 0.5) is 0 Å². The van der Waals surface area contributed by atoms with Crippen LogP contribution >= 0.6 is 22.7 Å². The van der Waals surface area contributed by atoms with E-state index < -0.39 is 0 Å². The predicted molar refractivity (Wildman–Crippen MR) is 228 cm³/mol. The maximum absolute atomic E-state index is 14.0. The van der Waals surface area contributed by atoms with Gasteiger partial charge < -0.3 is 28.8 Å². The molecule has 0 aliphatic carbocycles. The van der Waals surface area contributed by atoms with Gasteiger partial charge in [0.05, 0.1) is 79.6 Å². The average molecular weight is 801 g/mol. The molecule has 0 spiro atoms. The number of aromatic hydroxyl groups is 2. The van der Waals surface area contributed by atoms with Gasteiger partial charge in [-0.15, -0.1) is 22.7 Å². The number of phenolic OH excluding ortho intramolecular Hbond substituents is 2. The standard InChI is InChI=1S/C45H42N4O6S2/c1-4-25-18-29-41(53)33(24-55-43(29)31(39(25)51)22-48(5-2)6-3)45-47-35-19-26(11-15-37(35)56-45)27-10-13-34-38(20-27)57-44(46-34)32-23-54-42-28(40(32)52)12-14-36(50)30(42)21-49-16-8-7-9-17-49/h10-15,18-20,23-24,50-51H,4-9,16-17,21-22H2,1-3H3/p+2. The SMILES string of the molecule is CCc1cc2c(=O)c(-c3nc4cc(-c5ccc6nc(-c7coc8c(C[NH+]9CCCCC9)c(O)ccc8c7=O)sc6c5)ccc4s3)coc2c(C[NH+](CC)CC)c1O. The van der Waals surface area contributed by atoms with Gasteiger partial charge in [0.2, 0.25) is 10.9 Å². The first-order valence-corrected chi connectivity index (χ1v) is 21.4. The summed E-state index contributed by atoms with van der Waals surface area (Å²) in [6.07, 6.45) is 7.12. The molecule has 10 nitrogen and oxygen atoms in total. The number of aromatic nitrogens is 2. The summed E-state index contributed by atoms with van der Waals surface area (Å²) >= 11 is 2.88. The highest BCUT2D eigenvalue weighted by molar-refractivity contribution is 7.22. The second-order valence-corrected chi connectivity index (χ2v) is 17.1. The molecule has 1 saturated heterocycles. The smallest absolute Gasteiger partial charge is 0.202 e. The molecule has 5 heterocycles. The Hall–Kier alpha value is -5.40. The Labute approximate surface area is 336 Å². The van der Waals surface area contributed by atoms with Gasteiger partial charge in [-0.3, -0.25) is 9.59 Å². The number of nitrogens with one attached hydrogen (secondary N) is 2. The summed E-state index contributed by atoms with van der Waals surface area (Å²) in [5.41, 5.74) is 6.90. The van der Waals surface area contributed by atoms with Crippen molar-refractivity contribution < 1.29 is 28.8 Å². The number of nitrogens with zero attached hydrogens (tertiary/aromatic N) is 2. The van der Waals surface area contributed by atoms with Crippen molar-refractivity contribution in [2.75, 3.05) is 26.2 Å². The van der Waals surface area contributed by atoms with E-state index in [2.05, 4.69) is 19.9 Å². The Morgan fingerprint density at radius 1 is 0.719 bits per heavy atom. The lowest BCUT2D eigenvalue weighted by Gasteiger charge is -2.24. The van der Waals surface area contributed by atoms with Gasteiger partial charge >= 0.3 is 0 Å². The molecule has 0 saturated carbocycles. The monoisotopic (exact) mass is 800 g/mol. The van der Waals surface area contributed by atoms with Crippen molar-refractivity contribution in [3.63, 3.8) is 0 Å². The number of hydrogen-bond donors (Lipinski definition) is 4. The van der Waals surface area contributed by atoms with Gasteiger partial charge in [0.25, 0.3) is 0 Å². The van der Waals surface area contributed by atoms with Crippen LogP contribution < -0.4 is 20.7 Å². The van der Waals surface area contributed by atoms with Crippen LogP contribution in [0.3, 0.4) is 0 Å². The molecule has 4 aromatic carbocycles. The molecule has 1 fully saturated rings. The van der Waals surface area contributed by atoms with E-state index >= 15 is 0 Å². The van der Waals surface area contributed by atoms with Gasteiger partial charge in [-0.25, -0.2) is 9.97 Å². The van der Waals surface area contributed by atoms with E-state index in [4.69, 9.17) is 18.8 Å². The van der Waals surface area contributed by atoms with Crippen molar-refractivity contribution >= 4 is 65.0 Å². The Kier molecular flexibility index (Phi) is 9.90. The zero-order valence-corrected chi connectivity index (χ0v) is 33.8. The van der Waals surface area contributed by atoms with Crippen LogP contribution in [0.15, 0.2) is 85.5 Å². The van der Waals surface area contributed by atoms with E-state index in [0.717, 1.165) is 76.1 Å². The largest absolute Gasteiger partial charge is 0.507 e. The second-order valence-electron chi connectivity index (χ2n) is 15.0. The van der Waals surface area contributed by atoms with E-state index in [1.165, 1.54) is 51.4 Å². The number of fused-ring (bicyclic) bond motifs is 4. The number of thiazole rings is 2. The topological polar surface area (TPSA) is 136 Å². The van der Waals surface area contributed by atoms with Crippen LogP contribution in [0.2, 0.25) is 0 Å². The molecule has 0 radical (unpaired) electrons. The number of quaternary nitrogens is 2. The molecule has 1 aliphatic rings. The van der Waals surface area contributed by atoms with E-state index in [1.54, 1.807) is 18.2 Å². The maximum atomic E-state index is 14.0.